The number of morpholine rings is 1. The zero-order valence-corrected chi connectivity index (χ0v) is 15.9. The van der Waals surface area contributed by atoms with Gasteiger partial charge in [-0.3, -0.25) is 4.79 Å². The Morgan fingerprint density at radius 1 is 1.22 bits per heavy atom. The minimum absolute atomic E-state index is 0.137. The van der Waals surface area contributed by atoms with E-state index in [-0.39, 0.29) is 36.3 Å². The molecule has 1 N–H and O–H groups in total. The van der Waals surface area contributed by atoms with Gasteiger partial charge in [0.15, 0.2) is 0 Å². The SMILES string of the molecule is CC(=O)Nc1ccc(C)c(S(=O)(=O)N2CCOC(c3ccc(F)cc3)C2)c1. The van der Waals surface area contributed by atoms with Crippen LogP contribution in [0.2, 0.25) is 0 Å². The van der Waals surface area contributed by atoms with E-state index < -0.39 is 16.1 Å². The van der Waals surface area contributed by atoms with Crippen molar-refractivity contribution in [3.63, 3.8) is 0 Å². The van der Waals surface area contributed by atoms with Crippen molar-refractivity contribution in [1.29, 1.82) is 0 Å². The lowest BCUT2D eigenvalue weighted by molar-refractivity contribution is -0.114. The molecule has 0 aromatic heterocycles. The van der Waals surface area contributed by atoms with E-state index >= 15 is 0 Å². The lowest BCUT2D eigenvalue weighted by atomic mass is 10.1. The molecule has 3 rings (SSSR count). The molecule has 0 aliphatic carbocycles. The monoisotopic (exact) mass is 392 g/mol. The topological polar surface area (TPSA) is 75.7 Å². The number of benzene rings is 2. The maximum Gasteiger partial charge on any atom is 0.243 e. The molecule has 0 bridgehead atoms. The van der Waals surface area contributed by atoms with Crippen LogP contribution in [0.1, 0.15) is 24.2 Å². The third-order valence-corrected chi connectivity index (χ3v) is 6.40. The number of nitrogens with zero attached hydrogens (tertiary/aromatic N) is 1. The fourth-order valence-electron chi connectivity index (χ4n) is 3.02. The van der Waals surface area contributed by atoms with Gasteiger partial charge in [-0.1, -0.05) is 18.2 Å². The van der Waals surface area contributed by atoms with Crippen molar-refractivity contribution in [3.8, 4) is 0 Å². The molecule has 1 unspecified atom stereocenters. The van der Waals surface area contributed by atoms with Crippen molar-refractivity contribution in [2.45, 2.75) is 24.8 Å². The smallest absolute Gasteiger partial charge is 0.243 e. The summed E-state index contributed by atoms with van der Waals surface area (Å²) >= 11 is 0. The van der Waals surface area contributed by atoms with E-state index in [2.05, 4.69) is 5.32 Å². The van der Waals surface area contributed by atoms with Crippen LogP contribution in [0.5, 0.6) is 0 Å². The molecule has 8 heteroatoms. The van der Waals surface area contributed by atoms with Gasteiger partial charge in [-0.05, 0) is 42.3 Å². The number of carbonyl (C=O) groups excluding carboxylic acids is 1. The van der Waals surface area contributed by atoms with Gasteiger partial charge in [0.25, 0.3) is 0 Å². The van der Waals surface area contributed by atoms with Gasteiger partial charge < -0.3 is 10.1 Å². The Bertz CT molecular complexity index is 945. The highest BCUT2D eigenvalue weighted by atomic mass is 32.2. The van der Waals surface area contributed by atoms with Gasteiger partial charge in [0, 0.05) is 25.7 Å². The molecule has 1 atom stereocenters. The predicted octanol–water partition coefficient (Wildman–Crippen LogP) is 2.85. The van der Waals surface area contributed by atoms with E-state index in [0.29, 0.717) is 11.3 Å². The number of hydrogen-bond donors (Lipinski definition) is 1. The summed E-state index contributed by atoms with van der Waals surface area (Å²) < 4.78 is 46.5. The van der Waals surface area contributed by atoms with Gasteiger partial charge in [0.1, 0.15) is 5.82 Å². The van der Waals surface area contributed by atoms with Crippen molar-refractivity contribution < 1.29 is 22.3 Å². The average Bonchev–Trinajstić information content (AvgIpc) is 2.63. The largest absolute Gasteiger partial charge is 0.371 e. The maximum atomic E-state index is 13.2. The maximum absolute atomic E-state index is 13.2. The Balaban J connectivity index is 1.88. The molecule has 2 aromatic rings. The highest BCUT2D eigenvalue weighted by Gasteiger charge is 2.32. The summed E-state index contributed by atoms with van der Waals surface area (Å²) in [6.45, 7) is 3.68. The number of aryl methyl sites for hydroxylation is 1. The van der Waals surface area contributed by atoms with Gasteiger partial charge in [-0.15, -0.1) is 0 Å². The van der Waals surface area contributed by atoms with Crippen LogP contribution in [0.25, 0.3) is 0 Å². The highest BCUT2D eigenvalue weighted by molar-refractivity contribution is 7.89. The third kappa shape index (κ3) is 4.35. The third-order valence-electron chi connectivity index (χ3n) is 4.40. The van der Waals surface area contributed by atoms with E-state index in [0.717, 1.165) is 5.56 Å². The summed E-state index contributed by atoms with van der Waals surface area (Å²) in [5.41, 5.74) is 1.74. The van der Waals surface area contributed by atoms with E-state index in [1.54, 1.807) is 31.2 Å². The number of carbonyl (C=O) groups is 1. The molecule has 1 fully saturated rings. The first-order valence-corrected chi connectivity index (χ1v) is 9.97. The molecule has 0 spiro atoms. The van der Waals surface area contributed by atoms with E-state index in [9.17, 15) is 17.6 Å². The highest BCUT2D eigenvalue weighted by Crippen LogP contribution is 2.29. The van der Waals surface area contributed by atoms with Crippen LogP contribution in [0.15, 0.2) is 47.4 Å². The number of amides is 1. The second-order valence-corrected chi connectivity index (χ2v) is 8.34. The minimum Gasteiger partial charge on any atom is -0.371 e. The van der Waals surface area contributed by atoms with Gasteiger partial charge in [-0.2, -0.15) is 4.31 Å². The molecular formula is C19H21FN2O4S. The molecular weight excluding hydrogens is 371 g/mol. The van der Waals surface area contributed by atoms with Crippen LogP contribution in [0, 0.1) is 12.7 Å². The Morgan fingerprint density at radius 2 is 1.93 bits per heavy atom. The molecule has 144 valence electrons. The summed E-state index contributed by atoms with van der Waals surface area (Å²) in [5.74, 6) is -0.630. The fraction of sp³-hybridized carbons (Fsp3) is 0.316. The van der Waals surface area contributed by atoms with E-state index in [1.165, 1.54) is 29.4 Å². The van der Waals surface area contributed by atoms with Crippen molar-refractivity contribution in [2.75, 3.05) is 25.0 Å². The number of rotatable bonds is 4. The molecule has 1 heterocycles. The summed E-state index contributed by atoms with van der Waals surface area (Å²) in [4.78, 5) is 11.4. The van der Waals surface area contributed by atoms with Crippen LogP contribution in [-0.4, -0.2) is 38.3 Å². The zero-order chi connectivity index (χ0) is 19.6. The normalized spacial score (nSPS) is 18.3. The molecule has 0 saturated carbocycles. The Morgan fingerprint density at radius 3 is 2.59 bits per heavy atom. The van der Waals surface area contributed by atoms with E-state index in [1.807, 2.05) is 0 Å². The number of sulfonamides is 1. The molecule has 6 nitrogen and oxygen atoms in total. The second-order valence-electron chi connectivity index (χ2n) is 6.44. The van der Waals surface area contributed by atoms with Gasteiger partial charge in [0.2, 0.25) is 15.9 Å². The molecule has 1 saturated heterocycles. The van der Waals surface area contributed by atoms with Crippen molar-refractivity contribution in [2.24, 2.45) is 0 Å². The second kappa shape index (κ2) is 7.75. The Hall–Kier alpha value is -2.29. The Labute approximate surface area is 158 Å². The van der Waals surface area contributed by atoms with Crippen molar-refractivity contribution >= 4 is 21.6 Å². The molecule has 0 radical (unpaired) electrons. The first-order chi connectivity index (χ1) is 12.8. The van der Waals surface area contributed by atoms with Crippen LogP contribution >= 0.6 is 0 Å². The number of halogens is 1. The van der Waals surface area contributed by atoms with Crippen molar-refractivity contribution in [1.82, 2.24) is 4.31 Å². The van der Waals surface area contributed by atoms with Gasteiger partial charge in [0.05, 0.1) is 17.6 Å². The summed E-state index contributed by atoms with van der Waals surface area (Å²) in [6.07, 6.45) is -0.465. The number of nitrogens with one attached hydrogen (secondary N) is 1. The minimum atomic E-state index is -3.77. The lowest BCUT2D eigenvalue weighted by Crippen LogP contribution is -2.42. The Kier molecular flexibility index (Phi) is 5.59. The molecule has 1 aliphatic heterocycles. The molecule has 27 heavy (non-hydrogen) atoms. The quantitative estimate of drug-likeness (QED) is 0.868. The van der Waals surface area contributed by atoms with Crippen LogP contribution in [-0.2, 0) is 19.6 Å². The number of anilines is 1. The summed E-state index contributed by atoms with van der Waals surface area (Å²) in [6, 6.07) is 10.6. The summed E-state index contributed by atoms with van der Waals surface area (Å²) in [7, 11) is -3.77. The number of ether oxygens (including phenoxy) is 1. The number of hydrogen-bond acceptors (Lipinski definition) is 4. The van der Waals surface area contributed by atoms with Gasteiger partial charge in [-0.25, -0.2) is 12.8 Å². The predicted molar refractivity (Wildman–Crippen MR) is 99.3 cm³/mol. The molecule has 2 aromatic carbocycles. The van der Waals surface area contributed by atoms with Crippen molar-refractivity contribution in [3.05, 3.63) is 59.4 Å². The fourth-order valence-corrected chi connectivity index (χ4v) is 4.70. The van der Waals surface area contributed by atoms with Crippen LogP contribution < -0.4 is 5.32 Å². The average molecular weight is 392 g/mol. The molecule has 1 aliphatic rings. The van der Waals surface area contributed by atoms with Crippen LogP contribution in [0.4, 0.5) is 10.1 Å². The van der Waals surface area contributed by atoms with Crippen LogP contribution in [0.3, 0.4) is 0 Å². The zero-order valence-electron chi connectivity index (χ0n) is 15.1. The first-order valence-electron chi connectivity index (χ1n) is 8.53. The lowest BCUT2D eigenvalue weighted by Gasteiger charge is -2.32. The standard InChI is InChI=1S/C19H21FN2O4S/c1-13-3-8-17(21-14(2)23)11-19(13)27(24,25)22-9-10-26-18(12-22)15-4-6-16(20)7-5-15/h3-8,11,18H,9-10,12H2,1-2H3,(H,21,23). The van der Waals surface area contributed by atoms with Gasteiger partial charge >= 0.3 is 0 Å². The summed E-state index contributed by atoms with van der Waals surface area (Å²) in [5, 5.41) is 2.61. The first kappa shape index (κ1) is 19.5. The van der Waals surface area contributed by atoms with E-state index in [4.69, 9.17) is 4.74 Å². The molecule has 1 amide bonds.